The number of aliphatic hydroxyl groups is 1. The number of allylic oxidation sites excluding steroid dienone is 3. The lowest BCUT2D eigenvalue weighted by atomic mass is 9.61. The van der Waals surface area contributed by atoms with Crippen LogP contribution in [-0.4, -0.2) is 23.3 Å². The zero-order valence-corrected chi connectivity index (χ0v) is 22.0. The smallest absolute Gasteiger partial charge is 0.317 e. The standard InChI is InChI=1S/C31H40O3/c1-19-13-14-22-21-11-9-10-12-23(21)27(24(22)15-19)28(32)34-18-20-16-25(29(2,3)4)31(8,33)26(17-20)30(5,6)7/h9-14,16-17,19,25,27,33H,15,18H2,1-8H3. The highest BCUT2D eigenvalue weighted by Crippen LogP contribution is 2.50. The first-order valence-corrected chi connectivity index (χ1v) is 12.5. The van der Waals surface area contributed by atoms with E-state index in [2.05, 4.69) is 78.8 Å². The minimum atomic E-state index is -0.960. The number of carbonyl (C=O) groups excluding carboxylic acids is 1. The van der Waals surface area contributed by atoms with E-state index >= 15 is 0 Å². The topological polar surface area (TPSA) is 46.5 Å². The van der Waals surface area contributed by atoms with Crippen LogP contribution in [0, 0.1) is 22.7 Å². The fraction of sp³-hybridized carbons (Fsp3) is 0.516. The van der Waals surface area contributed by atoms with Gasteiger partial charge in [-0.05, 0) is 63.5 Å². The molecule has 3 heteroatoms. The molecule has 0 saturated carbocycles. The van der Waals surface area contributed by atoms with Gasteiger partial charge in [0.25, 0.3) is 0 Å². The molecule has 0 saturated heterocycles. The molecular formula is C31H40O3. The van der Waals surface area contributed by atoms with Gasteiger partial charge in [-0.25, -0.2) is 0 Å². The normalized spacial score (nSPS) is 28.8. The third-order valence-corrected chi connectivity index (χ3v) is 7.61. The summed E-state index contributed by atoms with van der Waals surface area (Å²) in [5.41, 5.74) is 5.21. The van der Waals surface area contributed by atoms with Gasteiger partial charge in [0.1, 0.15) is 12.5 Å². The fourth-order valence-corrected chi connectivity index (χ4v) is 6.20. The summed E-state index contributed by atoms with van der Waals surface area (Å²) >= 11 is 0. The molecule has 4 unspecified atom stereocenters. The Balaban J connectivity index is 1.62. The van der Waals surface area contributed by atoms with Gasteiger partial charge in [0, 0.05) is 5.92 Å². The van der Waals surface area contributed by atoms with Gasteiger partial charge >= 0.3 is 5.97 Å². The van der Waals surface area contributed by atoms with Gasteiger partial charge in [-0.2, -0.15) is 0 Å². The van der Waals surface area contributed by atoms with Crippen molar-refractivity contribution >= 4 is 11.5 Å². The molecule has 0 fully saturated rings. The van der Waals surface area contributed by atoms with Crippen molar-refractivity contribution in [3.8, 4) is 0 Å². The lowest BCUT2D eigenvalue weighted by molar-refractivity contribution is -0.143. The van der Waals surface area contributed by atoms with Crippen molar-refractivity contribution in [2.75, 3.05) is 6.61 Å². The molecule has 182 valence electrons. The Bertz CT molecular complexity index is 1110. The summed E-state index contributed by atoms with van der Waals surface area (Å²) in [6.07, 6.45) is 9.45. The van der Waals surface area contributed by atoms with Crippen molar-refractivity contribution in [1.82, 2.24) is 0 Å². The highest BCUT2D eigenvalue weighted by atomic mass is 16.5. The maximum absolute atomic E-state index is 13.5. The van der Waals surface area contributed by atoms with Crippen LogP contribution in [0.1, 0.15) is 78.9 Å². The van der Waals surface area contributed by atoms with Crippen LogP contribution >= 0.6 is 0 Å². The molecule has 0 heterocycles. The van der Waals surface area contributed by atoms with Crippen LogP contribution in [0.4, 0.5) is 0 Å². The molecule has 0 radical (unpaired) electrons. The van der Waals surface area contributed by atoms with Gasteiger partial charge < -0.3 is 9.84 Å². The third-order valence-electron chi connectivity index (χ3n) is 7.61. The summed E-state index contributed by atoms with van der Waals surface area (Å²) in [6, 6.07) is 8.20. The maximum Gasteiger partial charge on any atom is 0.317 e. The zero-order valence-electron chi connectivity index (χ0n) is 22.0. The van der Waals surface area contributed by atoms with Crippen LogP contribution in [0.3, 0.4) is 0 Å². The first-order chi connectivity index (χ1) is 15.7. The molecule has 3 aliphatic rings. The molecular weight excluding hydrogens is 420 g/mol. The minimum Gasteiger partial charge on any atom is -0.460 e. The maximum atomic E-state index is 13.5. The van der Waals surface area contributed by atoms with Gasteiger partial charge in [0.15, 0.2) is 0 Å². The molecule has 4 rings (SSSR count). The third kappa shape index (κ3) is 4.35. The highest BCUT2D eigenvalue weighted by Gasteiger charge is 2.46. The molecule has 1 N–H and O–H groups in total. The molecule has 3 nitrogen and oxygen atoms in total. The van der Waals surface area contributed by atoms with E-state index in [1.807, 2.05) is 25.1 Å². The van der Waals surface area contributed by atoms with E-state index < -0.39 is 5.60 Å². The summed E-state index contributed by atoms with van der Waals surface area (Å²) < 4.78 is 6.01. The number of hydrogen-bond donors (Lipinski definition) is 1. The van der Waals surface area contributed by atoms with Crippen LogP contribution < -0.4 is 0 Å². The Kier molecular flexibility index (Phi) is 6.09. The van der Waals surface area contributed by atoms with Crippen molar-refractivity contribution in [3.63, 3.8) is 0 Å². The zero-order chi connectivity index (χ0) is 25.1. The predicted molar refractivity (Wildman–Crippen MR) is 139 cm³/mol. The fourth-order valence-electron chi connectivity index (χ4n) is 6.20. The van der Waals surface area contributed by atoms with E-state index in [9.17, 15) is 9.90 Å². The quantitative estimate of drug-likeness (QED) is 0.494. The lowest BCUT2D eigenvalue weighted by Crippen LogP contribution is -2.47. The SMILES string of the molecule is CC1C=CC2=C(C1)C(C(=O)OCC1=CC(C(C)(C)C)C(C)(O)C(C(C)(C)C)=C1)c1ccccc12. The van der Waals surface area contributed by atoms with Crippen LogP contribution in [0.25, 0.3) is 5.57 Å². The Morgan fingerprint density at radius 2 is 1.82 bits per heavy atom. The molecule has 0 amide bonds. The molecule has 34 heavy (non-hydrogen) atoms. The van der Waals surface area contributed by atoms with Crippen LogP contribution in [0.2, 0.25) is 0 Å². The van der Waals surface area contributed by atoms with Crippen molar-refractivity contribution in [3.05, 3.63) is 76.4 Å². The first-order valence-electron chi connectivity index (χ1n) is 12.5. The Labute approximate surface area is 205 Å². The molecule has 0 aromatic heterocycles. The van der Waals surface area contributed by atoms with E-state index in [1.54, 1.807) is 0 Å². The summed E-state index contributed by atoms with van der Waals surface area (Å²) in [5.74, 6) is -0.193. The molecule has 1 aromatic carbocycles. The van der Waals surface area contributed by atoms with E-state index in [0.29, 0.717) is 5.92 Å². The van der Waals surface area contributed by atoms with E-state index in [-0.39, 0.29) is 35.2 Å². The number of hydrogen-bond acceptors (Lipinski definition) is 3. The summed E-state index contributed by atoms with van der Waals surface area (Å²) in [5, 5.41) is 11.6. The minimum absolute atomic E-state index is 0.0845. The number of esters is 1. The number of carbonyl (C=O) groups is 1. The molecule has 0 bridgehead atoms. The van der Waals surface area contributed by atoms with E-state index in [0.717, 1.165) is 28.7 Å². The summed E-state index contributed by atoms with van der Waals surface area (Å²) in [6.45, 7) is 17.2. The molecule has 0 spiro atoms. The van der Waals surface area contributed by atoms with Crippen LogP contribution in [0.15, 0.2) is 65.3 Å². The van der Waals surface area contributed by atoms with Crippen molar-refractivity contribution in [1.29, 1.82) is 0 Å². The van der Waals surface area contributed by atoms with Crippen LogP contribution in [0.5, 0.6) is 0 Å². The second-order valence-electron chi connectivity index (χ2n) is 12.6. The first kappa shape index (κ1) is 24.7. The molecule has 1 aromatic rings. The number of ether oxygens (including phenoxy) is 1. The summed E-state index contributed by atoms with van der Waals surface area (Å²) in [7, 11) is 0. The van der Waals surface area contributed by atoms with Gasteiger partial charge in [-0.3, -0.25) is 4.79 Å². The Morgan fingerprint density at radius 1 is 1.15 bits per heavy atom. The summed E-state index contributed by atoms with van der Waals surface area (Å²) in [4.78, 5) is 13.5. The number of rotatable bonds is 3. The van der Waals surface area contributed by atoms with E-state index in [1.165, 1.54) is 11.1 Å². The second kappa shape index (κ2) is 8.37. The number of benzene rings is 1. The van der Waals surface area contributed by atoms with Crippen LogP contribution in [-0.2, 0) is 9.53 Å². The molecule has 3 aliphatic carbocycles. The van der Waals surface area contributed by atoms with Crippen molar-refractivity contribution < 1.29 is 14.6 Å². The average molecular weight is 461 g/mol. The second-order valence-corrected chi connectivity index (χ2v) is 12.6. The van der Waals surface area contributed by atoms with E-state index in [4.69, 9.17) is 4.74 Å². The number of fused-ring (bicyclic) bond motifs is 2. The van der Waals surface area contributed by atoms with Crippen molar-refractivity contribution in [2.45, 2.75) is 73.3 Å². The Hall–Kier alpha value is -2.39. The largest absolute Gasteiger partial charge is 0.460 e. The predicted octanol–water partition coefficient (Wildman–Crippen LogP) is 7.00. The van der Waals surface area contributed by atoms with Crippen molar-refractivity contribution in [2.24, 2.45) is 22.7 Å². The highest BCUT2D eigenvalue weighted by molar-refractivity contribution is 5.96. The average Bonchev–Trinajstić information content (AvgIpc) is 3.04. The molecule has 0 aliphatic heterocycles. The molecule has 4 atom stereocenters. The lowest BCUT2D eigenvalue weighted by Gasteiger charge is -2.47. The van der Waals surface area contributed by atoms with Gasteiger partial charge in [-0.15, -0.1) is 0 Å². The Morgan fingerprint density at radius 3 is 2.47 bits per heavy atom. The van der Waals surface area contributed by atoms with Gasteiger partial charge in [0.2, 0.25) is 0 Å². The monoisotopic (exact) mass is 460 g/mol. The van der Waals surface area contributed by atoms with Gasteiger partial charge in [0.05, 0.1) is 5.60 Å². The van der Waals surface area contributed by atoms with Gasteiger partial charge in [-0.1, -0.05) is 97.0 Å².